The van der Waals surface area contributed by atoms with Crippen molar-refractivity contribution in [1.29, 1.82) is 0 Å². The van der Waals surface area contributed by atoms with Gasteiger partial charge in [0.15, 0.2) is 0 Å². The molecule has 0 unspecified atom stereocenters. The molecular formula is C18H14N2O3S. The molecule has 3 aromatic rings. The number of ether oxygens (including phenoxy) is 1. The Morgan fingerprint density at radius 1 is 1.08 bits per heavy atom. The van der Waals surface area contributed by atoms with E-state index >= 15 is 0 Å². The minimum Gasteiger partial charge on any atom is -0.465 e. The van der Waals surface area contributed by atoms with Crippen LogP contribution in [-0.4, -0.2) is 28.8 Å². The Morgan fingerprint density at radius 3 is 2.50 bits per heavy atom. The quantitative estimate of drug-likeness (QED) is 0.682. The molecule has 0 amide bonds. The lowest BCUT2D eigenvalue weighted by Crippen LogP contribution is -2.13. The predicted octanol–water partition coefficient (Wildman–Crippen LogP) is 3.59. The monoisotopic (exact) mass is 338 g/mol. The van der Waals surface area contributed by atoms with E-state index in [0.717, 1.165) is 4.88 Å². The first-order valence-corrected chi connectivity index (χ1v) is 8.05. The normalized spacial score (nSPS) is 10.9. The first-order valence-electron chi connectivity index (χ1n) is 7.18. The van der Waals surface area contributed by atoms with Crippen LogP contribution in [0, 0.1) is 0 Å². The average molecular weight is 338 g/mol. The summed E-state index contributed by atoms with van der Waals surface area (Å²) in [5.41, 5.74) is 1.54. The van der Waals surface area contributed by atoms with Crippen LogP contribution in [0.5, 0.6) is 0 Å². The fourth-order valence-corrected chi connectivity index (χ4v) is 2.71. The van der Waals surface area contributed by atoms with Crippen molar-refractivity contribution in [2.24, 2.45) is 0 Å². The van der Waals surface area contributed by atoms with E-state index in [1.54, 1.807) is 47.9 Å². The lowest BCUT2D eigenvalue weighted by atomic mass is 10.1. The van der Waals surface area contributed by atoms with Gasteiger partial charge in [-0.15, -0.1) is 11.3 Å². The number of thiophene rings is 1. The van der Waals surface area contributed by atoms with E-state index in [2.05, 4.69) is 9.84 Å². The van der Waals surface area contributed by atoms with Gasteiger partial charge in [-0.2, -0.15) is 5.10 Å². The topological polar surface area (TPSA) is 61.2 Å². The summed E-state index contributed by atoms with van der Waals surface area (Å²) in [5.74, 6) is -0.698. The summed E-state index contributed by atoms with van der Waals surface area (Å²) < 4.78 is 5.91. The summed E-state index contributed by atoms with van der Waals surface area (Å²) in [4.78, 5) is 24.9. The van der Waals surface area contributed by atoms with Gasteiger partial charge in [-0.1, -0.05) is 6.07 Å². The lowest BCUT2D eigenvalue weighted by Gasteiger charge is -2.02. The number of aromatic nitrogens is 2. The van der Waals surface area contributed by atoms with Crippen molar-refractivity contribution in [3.8, 4) is 0 Å². The highest BCUT2D eigenvalue weighted by atomic mass is 32.1. The summed E-state index contributed by atoms with van der Waals surface area (Å²) in [7, 11) is 1.32. The predicted molar refractivity (Wildman–Crippen MR) is 93.0 cm³/mol. The van der Waals surface area contributed by atoms with E-state index in [1.807, 2.05) is 29.7 Å². The first-order chi connectivity index (χ1) is 11.7. The summed E-state index contributed by atoms with van der Waals surface area (Å²) in [6, 6.07) is 12.0. The van der Waals surface area contributed by atoms with Gasteiger partial charge in [-0.05, 0) is 53.9 Å². The van der Waals surface area contributed by atoms with Gasteiger partial charge >= 0.3 is 5.97 Å². The molecule has 0 atom stereocenters. The molecule has 1 aromatic carbocycles. The van der Waals surface area contributed by atoms with E-state index in [1.165, 1.54) is 11.8 Å². The van der Waals surface area contributed by atoms with E-state index in [9.17, 15) is 9.59 Å². The third kappa shape index (κ3) is 3.49. The van der Waals surface area contributed by atoms with Crippen molar-refractivity contribution in [3.05, 3.63) is 75.7 Å². The Hall–Kier alpha value is -2.99. The Bertz CT molecular complexity index is 877. The maximum atomic E-state index is 12.4. The van der Waals surface area contributed by atoms with E-state index < -0.39 is 5.97 Å². The molecule has 0 spiro atoms. The van der Waals surface area contributed by atoms with Crippen LogP contribution in [-0.2, 0) is 4.74 Å². The number of hydrogen-bond acceptors (Lipinski definition) is 5. The highest BCUT2D eigenvalue weighted by molar-refractivity contribution is 7.10. The molecule has 2 heterocycles. The number of rotatable bonds is 4. The third-order valence-electron chi connectivity index (χ3n) is 3.33. The van der Waals surface area contributed by atoms with E-state index in [-0.39, 0.29) is 5.91 Å². The van der Waals surface area contributed by atoms with Gasteiger partial charge in [0.1, 0.15) is 0 Å². The minimum atomic E-state index is -0.436. The second kappa shape index (κ2) is 7.06. The van der Waals surface area contributed by atoms with Gasteiger partial charge in [0.2, 0.25) is 0 Å². The maximum Gasteiger partial charge on any atom is 0.337 e. The van der Waals surface area contributed by atoms with Crippen molar-refractivity contribution in [3.63, 3.8) is 0 Å². The molecule has 24 heavy (non-hydrogen) atoms. The lowest BCUT2D eigenvalue weighted by molar-refractivity contribution is 0.0600. The largest absolute Gasteiger partial charge is 0.465 e. The minimum absolute atomic E-state index is 0.262. The van der Waals surface area contributed by atoms with Crippen molar-refractivity contribution >= 4 is 35.4 Å². The molecule has 5 nitrogen and oxygen atoms in total. The molecule has 120 valence electrons. The van der Waals surface area contributed by atoms with Gasteiger partial charge in [0.05, 0.1) is 18.4 Å². The number of carbonyl (C=O) groups is 2. The molecular weight excluding hydrogens is 324 g/mol. The second-order valence-corrected chi connectivity index (χ2v) is 5.89. The SMILES string of the molecule is COC(=O)c1ccc(C(=O)n2ccc(/C=C/c3cccs3)n2)cc1. The number of nitrogens with zero attached hydrogens (tertiary/aromatic N) is 2. The summed E-state index contributed by atoms with van der Waals surface area (Å²) in [5, 5.41) is 6.25. The molecule has 2 aromatic heterocycles. The van der Waals surface area contributed by atoms with E-state index in [0.29, 0.717) is 16.8 Å². The Balaban J connectivity index is 1.74. The van der Waals surface area contributed by atoms with Gasteiger partial charge in [-0.3, -0.25) is 4.79 Å². The van der Waals surface area contributed by atoms with Crippen LogP contribution in [0.15, 0.2) is 54.0 Å². The molecule has 0 saturated carbocycles. The van der Waals surface area contributed by atoms with Crippen molar-refractivity contribution in [2.45, 2.75) is 0 Å². The molecule has 0 bridgehead atoms. The maximum absolute atomic E-state index is 12.4. The molecule has 0 aliphatic carbocycles. The molecule has 0 N–H and O–H groups in total. The summed E-state index contributed by atoms with van der Waals surface area (Å²) >= 11 is 1.63. The highest BCUT2D eigenvalue weighted by Crippen LogP contribution is 2.13. The standard InChI is InChI=1S/C18H14N2O3S/c1-23-18(22)14-6-4-13(5-7-14)17(21)20-11-10-15(19-20)8-9-16-3-2-12-24-16/h2-12H,1H3/b9-8+. The van der Waals surface area contributed by atoms with Crippen LogP contribution in [0.2, 0.25) is 0 Å². The fourth-order valence-electron chi connectivity index (χ4n) is 2.09. The van der Waals surface area contributed by atoms with Crippen molar-refractivity contribution in [1.82, 2.24) is 9.78 Å². The van der Waals surface area contributed by atoms with Crippen LogP contribution in [0.4, 0.5) is 0 Å². The number of esters is 1. The van der Waals surface area contributed by atoms with Crippen molar-refractivity contribution in [2.75, 3.05) is 7.11 Å². The zero-order valence-electron chi connectivity index (χ0n) is 12.9. The number of methoxy groups -OCH3 is 1. The molecule has 6 heteroatoms. The van der Waals surface area contributed by atoms with Crippen LogP contribution in [0.3, 0.4) is 0 Å². The summed E-state index contributed by atoms with van der Waals surface area (Å²) in [6.07, 6.45) is 5.42. The van der Waals surface area contributed by atoms with Crippen LogP contribution in [0.25, 0.3) is 12.2 Å². The molecule has 3 rings (SSSR count). The number of carbonyl (C=O) groups excluding carboxylic acids is 2. The molecule has 0 aliphatic rings. The molecule has 0 fully saturated rings. The molecule has 0 saturated heterocycles. The zero-order valence-corrected chi connectivity index (χ0v) is 13.7. The summed E-state index contributed by atoms with van der Waals surface area (Å²) in [6.45, 7) is 0. The Labute approximate surface area is 142 Å². The van der Waals surface area contributed by atoms with E-state index in [4.69, 9.17) is 0 Å². The van der Waals surface area contributed by atoms with Gasteiger partial charge < -0.3 is 4.74 Å². The fraction of sp³-hybridized carbons (Fsp3) is 0.0556. The zero-order chi connectivity index (χ0) is 16.9. The van der Waals surface area contributed by atoms with Crippen LogP contribution in [0.1, 0.15) is 31.3 Å². The smallest absolute Gasteiger partial charge is 0.337 e. The van der Waals surface area contributed by atoms with Crippen molar-refractivity contribution < 1.29 is 14.3 Å². The first kappa shape index (κ1) is 15.9. The molecule has 0 aliphatic heterocycles. The van der Waals surface area contributed by atoms with Crippen LogP contribution >= 0.6 is 11.3 Å². The van der Waals surface area contributed by atoms with Crippen LogP contribution < -0.4 is 0 Å². The second-order valence-electron chi connectivity index (χ2n) is 4.91. The number of hydrogen-bond donors (Lipinski definition) is 0. The van der Waals surface area contributed by atoms with Gasteiger partial charge in [-0.25, -0.2) is 9.48 Å². The van der Waals surface area contributed by atoms with Gasteiger partial charge in [0.25, 0.3) is 5.91 Å². The number of benzene rings is 1. The molecule has 0 radical (unpaired) electrons. The third-order valence-corrected chi connectivity index (χ3v) is 4.17. The van der Waals surface area contributed by atoms with Gasteiger partial charge in [0, 0.05) is 16.6 Å². The Kier molecular flexibility index (Phi) is 4.67. The highest BCUT2D eigenvalue weighted by Gasteiger charge is 2.11. The average Bonchev–Trinajstić information content (AvgIpc) is 3.30. The Morgan fingerprint density at radius 2 is 1.83 bits per heavy atom.